The molecule has 3 aromatic carbocycles. The second kappa shape index (κ2) is 9.67. The Hall–Kier alpha value is -3.24. The third-order valence-corrected chi connectivity index (χ3v) is 7.97. The van der Waals surface area contributed by atoms with Gasteiger partial charge >= 0.3 is 6.18 Å². The summed E-state index contributed by atoms with van der Waals surface area (Å²) < 4.78 is 87.4. The quantitative estimate of drug-likeness (QED) is 0.285. The molecule has 0 radical (unpaired) electrons. The number of nitrogens with zero attached hydrogens (tertiary/aromatic N) is 1. The molecule has 1 N–H and O–H groups in total. The minimum Gasteiger partial charge on any atom is -0.513 e. The van der Waals surface area contributed by atoms with Gasteiger partial charge in [-0.15, -0.1) is 0 Å². The van der Waals surface area contributed by atoms with Crippen molar-refractivity contribution in [3.05, 3.63) is 101 Å². The number of anilines is 1. The number of ether oxygens (including phenoxy) is 1. The van der Waals surface area contributed by atoms with Gasteiger partial charge in [0, 0.05) is 24.1 Å². The molecule has 11 heteroatoms. The van der Waals surface area contributed by atoms with Crippen molar-refractivity contribution in [2.75, 3.05) is 10.8 Å². The lowest BCUT2D eigenvalue weighted by Crippen LogP contribution is -2.40. The van der Waals surface area contributed by atoms with E-state index in [0.29, 0.717) is 11.6 Å². The van der Waals surface area contributed by atoms with Crippen molar-refractivity contribution in [3.8, 4) is 5.75 Å². The first-order valence-electron chi connectivity index (χ1n) is 10.6. The molecule has 0 aromatic heterocycles. The molecule has 0 aliphatic carbocycles. The Balaban J connectivity index is 1.73. The van der Waals surface area contributed by atoms with Crippen molar-refractivity contribution in [1.29, 1.82) is 0 Å². The fourth-order valence-electron chi connectivity index (χ4n) is 3.90. The summed E-state index contributed by atoms with van der Waals surface area (Å²) in [6.07, 6.45) is -4.49. The number of halogens is 5. The van der Waals surface area contributed by atoms with E-state index < -0.39 is 38.4 Å². The lowest BCUT2D eigenvalue weighted by atomic mass is 9.93. The predicted octanol–water partition coefficient (Wildman–Crippen LogP) is 6.52. The summed E-state index contributed by atoms with van der Waals surface area (Å²) in [4.78, 5) is -0.558. The van der Waals surface area contributed by atoms with E-state index in [1.807, 2.05) is 0 Å². The van der Waals surface area contributed by atoms with Gasteiger partial charge in [-0.2, -0.15) is 13.2 Å². The smallest absolute Gasteiger partial charge is 0.416 e. The lowest BCUT2D eigenvalue weighted by molar-refractivity contribution is -0.137. The first-order valence-corrected chi connectivity index (χ1v) is 12.5. The molecule has 36 heavy (non-hydrogen) atoms. The van der Waals surface area contributed by atoms with E-state index in [2.05, 4.69) is 6.58 Å². The van der Waals surface area contributed by atoms with Crippen LogP contribution in [0.3, 0.4) is 0 Å². The largest absolute Gasteiger partial charge is 0.513 e. The highest BCUT2D eigenvalue weighted by atomic mass is 35.5. The first-order chi connectivity index (χ1) is 16.9. The molecule has 1 unspecified atom stereocenters. The maximum absolute atomic E-state index is 14.1. The minimum absolute atomic E-state index is 0.113. The molecule has 0 saturated carbocycles. The molecule has 0 amide bonds. The Labute approximate surface area is 210 Å². The molecule has 1 atom stereocenters. The van der Waals surface area contributed by atoms with E-state index >= 15 is 0 Å². The van der Waals surface area contributed by atoms with Crippen LogP contribution in [0.5, 0.6) is 5.75 Å². The summed E-state index contributed by atoms with van der Waals surface area (Å²) in [7, 11) is -4.48. The summed E-state index contributed by atoms with van der Waals surface area (Å²) in [6, 6.07) is 12.1. The zero-order valence-electron chi connectivity index (χ0n) is 18.6. The van der Waals surface area contributed by atoms with Gasteiger partial charge in [0.1, 0.15) is 18.2 Å². The number of aliphatic hydroxyl groups is 1. The number of hydrogen-bond acceptors (Lipinski definition) is 4. The molecule has 1 aliphatic heterocycles. The van der Waals surface area contributed by atoms with E-state index in [9.17, 15) is 31.1 Å². The maximum Gasteiger partial charge on any atom is 0.416 e. The third-order valence-electron chi connectivity index (χ3n) is 5.84. The molecular weight excluding hydrogens is 522 g/mol. The number of sulfonamides is 1. The van der Waals surface area contributed by atoms with Gasteiger partial charge in [-0.1, -0.05) is 36.4 Å². The molecule has 190 valence electrons. The Bertz CT molecular complexity index is 1410. The Morgan fingerprint density at radius 1 is 1.14 bits per heavy atom. The van der Waals surface area contributed by atoms with E-state index in [1.54, 1.807) is 12.1 Å². The monoisotopic (exact) mass is 541 g/mol. The van der Waals surface area contributed by atoms with Crippen LogP contribution in [-0.2, 0) is 29.2 Å². The Morgan fingerprint density at radius 3 is 2.53 bits per heavy atom. The maximum atomic E-state index is 14.1. The summed E-state index contributed by atoms with van der Waals surface area (Å²) in [5.74, 6) is -1.31. The molecule has 0 bridgehead atoms. The van der Waals surface area contributed by atoms with Crippen LogP contribution in [0.2, 0.25) is 5.02 Å². The number of alkyl halides is 3. The van der Waals surface area contributed by atoms with E-state index in [-0.39, 0.29) is 47.4 Å². The van der Waals surface area contributed by atoms with Gasteiger partial charge in [-0.05, 0) is 48.4 Å². The molecular formula is C25H20ClF4NO4S. The van der Waals surface area contributed by atoms with Gasteiger partial charge in [-0.3, -0.25) is 4.31 Å². The van der Waals surface area contributed by atoms with Crippen LogP contribution >= 0.6 is 11.6 Å². The average Bonchev–Trinajstić information content (AvgIpc) is 2.82. The second-order valence-corrected chi connectivity index (χ2v) is 10.5. The van der Waals surface area contributed by atoms with Crippen molar-refractivity contribution in [3.63, 3.8) is 0 Å². The molecule has 4 rings (SSSR count). The van der Waals surface area contributed by atoms with Gasteiger partial charge in [0.05, 0.1) is 26.9 Å². The van der Waals surface area contributed by atoms with Crippen molar-refractivity contribution in [2.24, 2.45) is 5.92 Å². The highest BCUT2D eigenvalue weighted by Crippen LogP contribution is 2.39. The van der Waals surface area contributed by atoms with E-state index in [4.69, 9.17) is 16.3 Å². The lowest BCUT2D eigenvalue weighted by Gasteiger charge is -2.35. The van der Waals surface area contributed by atoms with Crippen molar-refractivity contribution >= 4 is 27.3 Å². The zero-order chi connectivity index (χ0) is 26.3. The van der Waals surface area contributed by atoms with Gasteiger partial charge in [-0.25, -0.2) is 12.8 Å². The molecule has 1 aliphatic rings. The van der Waals surface area contributed by atoms with Gasteiger partial charge < -0.3 is 9.84 Å². The Kier molecular flexibility index (Phi) is 6.94. The van der Waals surface area contributed by atoms with E-state index in [1.165, 1.54) is 24.3 Å². The van der Waals surface area contributed by atoms with Crippen LogP contribution < -0.4 is 9.04 Å². The Morgan fingerprint density at radius 2 is 1.86 bits per heavy atom. The van der Waals surface area contributed by atoms with Crippen molar-refractivity contribution in [2.45, 2.75) is 24.1 Å². The minimum atomic E-state index is -4.73. The summed E-state index contributed by atoms with van der Waals surface area (Å²) in [6.45, 7) is 3.02. The highest BCUT2D eigenvalue weighted by molar-refractivity contribution is 7.92. The molecule has 1 heterocycles. The first kappa shape index (κ1) is 25.8. The molecule has 0 saturated heterocycles. The van der Waals surface area contributed by atoms with Gasteiger partial charge in [0.15, 0.2) is 0 Å². The molecule has 3 aromatic rings. The summed E-state index contributed by atoms with van der Waals surface area (Å²) in [5.41, 5.74) is -0.319. The van der Waals surface area contributed by atoms with Crippen molar-refractivity contribution in [1.82, 2.24) is 0 Å². The van der Waals surface area contributed by atoms with Crippen LogP contribution in [0.25, 0.3) is 0 Å². The molecule has 5 nitrogen and oxygen atoms in total. The standard InChI is InChI=1S/C25H20ClF4NO4S/c1-15(32)17-10-16-8-9-19(35-14-21-22(26)6-3-7-23(21)27)12-24(16)31(13-17)36(33,34)20-5-2-4-18(11-20)25(28,29)30/h2-9,11-12,17,32H,1,10,13-14H2. The van der Waals surface area contributed by atoms with Crippen LogP contribution in [0.1, 0.15) is 16.7 Å². The van der Waals surface area contributed by atoms with Crippen LogP contribution in [0.4, 0.5) is 23.2 Å². The fraction of sp³-hybridized carbons (Fsp3) is 0.200. The van der Waals surface area contributed by atoms with Crippen LogP contribution in [0, 0.1) is 11.7 Å². The zero-order valence-corrected chi connectivity index (χ0v) is 20.2. The number of rotatable bonds is 6. The fourth-order valence-corrected chi connectivity index (χ4v) is 5.71. The van der Waals surface area contributed by atoms with Crippen LogP contribution in [-0.4, -0.2) is 20.1 Å². The van der Waals surface area contributed by atoms with Gasteiger partial charge in [0.2, 0.25) is 0 Å². The average molecular weight is 542 g/mol. The molecule has 0 spiro atoms. The molecule has 0 fully saturated rings. The van der Waals surface area contributed by atoms with Crippen molar-refractivity contribution < 1.29 is 35.8 Å². The summed E-state index contributed by atoms with van der Waals surface area (Å²) >= 11 is 6.03. The van der Waals surface area contributed by atoms with E-state index in [0.717, 1.165) is 22.5 Å². The van der Waals surface area contributed by atoms with Crippen LogP contribution in [0.15, 0.2) is 77.9 Å². The third kappa shape index (κ3) is 5.15. The normalized spacial score (nSPS) is 15.9. The number of benzene rings is 3. The van der Waals surface area contributed by atoms with Gasteiger partial charge in [0.25, 0.3) is 10.0 Å². The second-order valence-electron chi connectivity index (χ2n) is 8.23. The highest BCUT2D eigenvalue weighted by Gasteiger charge is 2.37. The number of aliphatic hydroxyl groups excluding tert-OH is 1. The SMILES string of the molecule is C=C(O)C1Cc2ccc(OCc3c(F)cccc3Cl)cc2N(S(=O)(=O)c2cccc(C(F)(F)F)c2)C1. The number of hydrogen-bond donors (Lipinski definition) is 1. The predicted molar refractivity (Wildman–Crippen MR) is 127 cm³/mol. The summed E-state index contributed by atoms with van der Waals surface area (Å²) in [5, 5.41) is 10.1. The number of fused-ring (bicyclic) bond motifs is 1. The topological polar surface area (TPSA) is 66.8 Å².